The van der Waals surface area contributed by atoms with E-state index in [0.717, 1.165) is 24.2 Å². The number of hydrogen-bond donors (Lipinski definition) is 0. The van der Waals surface area contributed by atoms with E-state index in [0.29, 0.717) is 16.9 Å². The molecule has 1 aliphatic carbocycles. The number of rotatable bonds is 4. The van der Waals surface area contributed by atoms with Crippen LogP contribution < -0.4 is 0 Å². The second kappa shape index (κ2) is 7.54. The van der Waals surface area contributed by atoms with Crippen LogP contribution in [0.15, 0.2) is 65.3 Å². The number of amides is 3. The van der Waals surface area contributed by atoms with Crippen molar-refractivity contribution in [2.24, 2.45) is 0 Å². The highest BCUT2D eigenvalue weighted by Gasteiger charge is 2.37. The van der Waals surface area contributed by atoms with E-state index in [2.05, 4.69) is 12.1 Å². The Morgan fingerprint density at radius 1 is 1.06 bits per heavy atom. The third-order valence-electron chi connectivity index (χ3n) is 6.24. The zero-order valence-electron chi connectivity index (χ0n) is 17.2. The quantitative estimate of drug-likeness (QED) is 0.599. The van der Waals surface area contributed by atoms with Crippen molar-refractivity contribution in [2.75, 3.05) is 7.05 Å². The Labute approximate surface area is 180 Å². The van der Waals surface area contributed by atoms with Gasteiger partial charge in [0.25, 0.3) is 17.7 Å². The summed E-state index contributed by atoms with van der Waals surface area (Å²) in [5.41, 5.74) is 3.45. The summed E-state index contributed by atoms with van der Waals surface area (Å²) in [5, 5.41) is 0. The molecule has 2 aromatic carbocycles. The van der Waals surface area contributed by atoms with Gasteiger partial charge in [0.15, 0.2) is 0 Å². The predicted octanol–water partition coefficient (Wildman–Crippen LogP) is 4.23. The molecule has 1 atom stereocenters. The third-order valence-corrected chi connectivity index (χ3v) is 6.24. The Balaban J connectivity index is 1.41. The molecular formula is C25H22N2O4. The number of benzene rings is 2. The van der Waals surface area contributed by atoms with E-state index in [4.69, 9.17) is 4.42 Å². The molecule has 2 aliphatic rings. The number of hydrogen-bond acceptors (Lipinski definition) is 4. The first-order valence-electron chi connectivity index (χ1n) is 10.4. The van der Waals surface area contributed by atoms with Crippen molar-refractivity contribution in [3.63, 3.8) is 0 Å². The first kappa shape index (κ1) is 19.3. The van der Waals surface area contributed by atoms with E-state index < -0.39 is 5.91 Å². The normalized spacial score (nSPS) is 17.5. The molecule has 0 spiro atoms. The molecule has 0 N–H and O–H groups in total. The van der Waals surface area contributed by atoms with Crippen LogP contribution in [0.4, 0.5) is 0 Å². The predicted molar refractivity (Wildman–Crippen MR) is 114 cm³/mol. The first-order chi connectivity index (χ1) is 15.0. The lowest BCUT2D eigenvalue weighted by atomic mass is 9.86. The van der Waals surface area contributed by atoms with Gasteiger partial charge >= 0.3 is 0 Å². The zero-order valence-corrected chi connectivity index (χ0v) is 17.2. The molecule has 6 nitrogen and oxygen atoms in total. The lowest BCUT2D eigenvalue weighted by molar-refractivity contribution is 0.0631. The van der Waals surface area contributed by atoms with Crippen LogP contribution in [0.25, 0.3) is 0 Å². The van der Waals surface area contributed by atoms with Crippen LogP contribution in [0.3, 0.4) is 0 Å². The minimum atomic E-state index is -0.406. The average Bonchev–Trinajstić information content (AvgIpc) is 3.40. The number of furan rings is 1. The van der Waals surface area contributed by atoms with Crippen LogP contribution >= 0.6 is 0 Å². The molecule has 156 valence electrons. The van der Waals surface area contributed by atoms with Gasteiger partial charge in [-0.25, -0.2) is 0 Å². The molecule has 31 heavy (non-hydrogen) atoms. The second-order valence-electron chi connectivity index (χ2n) is 8.06. The maximum absolute atomic E-state index is 13.3. The Bertz CT molecular complexity index is 1180. The van der Waals surface area contributed by atoms with Crippen LogP contribution in [-0.4, -0.2) is 34.6 Å². The highest BCUT2D eigenvalue weighted by atomic mass is 16.3. The summed E-state index contributed by atoms with van der Waals surface area (Å²) in [4.78, 5) is 41.8. The Morgan fingerprint density at radius 3 is 2.68 bits per heavy atom. The minimum Gasteiger partial charge on any atom is -0.467 e. The van der Waals surface area contributed by atoms with E-state index in [9.17, 15) is 14.4 Å². The number of aryl methyl sites for hydroxylation is 1. The summed E-state index contributed by atoms with van der Waals surface area (Å²) in [6.45, 7) is 0.0708. The molecule has 5 rings (SSSR count). The van der Waals surface area contributed by atoms with Crippen LogP contribution in [0.1, 0.15) is 66.8 Å². The van der Waals surface area contributed by atoms with Gasteiger partial charge in [-0.05, 0) is 60.7 Å². The number of nitrogens with zero attached hydrogens (tertiary/aromatic N) is 2. The molecule has 0 fully saturated rings. The maximum atomic E-state index is 13.3. The third kappa shape index (κ3) is 3.24. The molecule has 3 aromatic rings. The topological polar surface area (TPSA) is 70.8 Å². The van der Waals surface area contributed by atoms with Crippen molar-refractivity contribution in [2.45, 2.75) is 31.8 Å². The standard InChI is InChI=1S/C25H22N2O4/c1-26(22-10-4-7-16-6-2-3-9-19(16)22)23(28)17-11-12-20-21(14-17)25(30)27(24(20)29)15-18-8-5-13-31-18/h2-3,5-6,8-9,11-14,22H,4,7,10,15H2,1H3. The van der Waals surface area contributed by atoms with Crippen molar-refractivity contribution in [1.82, 2.24) is 9.80 Å². The minimum absolute atomic E-state index is 0.00140. The van der Waals surface area contributed by atoms with Gasteiger partial charge in [-0.15, -0.1) is 0 Å². The van der Waals surface area contributed by atoms with Crippen molar-refractivity contribution >= 4 is 17.7 Å². The number of imide groups is 1. The van der Waals surface area contributed by atoms with Gasteiger partial charge in [-0.3, -0.25) is 19.3 Å². The van der Waals surface area contributed by atoms with Crippen molar-refractivity contribution in [1.29, 1.82) is 0 Å². The van der Waals surface area contributed by atoms with Gasteiger partial charge in [0.1, 0.15) is 5.76 Å². The highest BCUT2D eigenvalue weighted by molar-refractivity contribution is 6.22. The molecule has 1 aliphatic heterocycles. The highest BCUT2D eigenvalue weighted by Crippen LogP contribution is 2.34. The zero-order chi connectivity index (χ0) is 21.5. The van der Waals surface area contributed by atoms with E-state index in [1.54, 1.807) is 42.3 Å². The molecule has 0 bridgehead atoms. The Morgan fingerprint density at radius 2 is 1.87 bits per heavy atom. The molecule has 0 saturated heterocycles. The van der Waals surface area contributed by atoms with Crippen LogP contribution in [0.5, 0.6) is 0 Å². The van der Waals surface area contributed by atoms with E-state index in [-0.39, 0.29) is 30.0 Å². The number of carbonyl (C=O) groups is 3. The monoisotopic (exact) mass is 414 g/mol. The van der Waals surface area contributed by atoms with E-state index in [1.165, 1.54) is 17.4 Å². The van der Waals surface area contributed by atoms with Crippen LogP contribution in [0.2, 0.25) is 0 Å². The van der Waals surface area contributed by atoms with E-state index >= 15 is 0 Å². The largest absolute Gasteiger partial charge is 0.467 e. The Hall–Kier alpha value is -3.67. The summed E-state index contributed by atoms with van der Waals surface area (Å²) < 4.78 is 5.27. The molecule has 0 saturated carbocycles. The van der Waals surface area contributed by atoms with Crippen molar-refractivity contribution in [3.05, 3.63) is 94.4 Å². The van der Waals surface area contributed by atoms with Gasteiger partial charge in [0.05, 0.1) is 30.0 Å². The van der Waals surface area contributed by atoms with Gasteiger partial charge in [-0.2, -0.15) is 0 Å². The molecule has 1 unspecified atom stereocenters. The Kier molecular flexibility index (Phi) is 4.70. The maximum Gasteiger partial charge on any atom is 0.261 e. The molecule has 3 amide bonds. The summed E-state index contributed by atoms with van der Waals surface area (Å²) in [6, 6.07) is 16.4. The van der Waals surface area contributed by atoms with Gasteiger partial charge in [-0.1, -0.05) is 24.3 Å². The SMILES string of the molecule is CN(C(=O)c1ccc2c(c1)C(=O)N(Cc1ccco1)C2=O)C1CCCc2ccccc21. The lowest BCUT2D eigenvalue weighted by Crippen LogP contribution is -2.33. The van der Waals surface area contributed by atoms with Gasteiger partial charge < -0.3 is 9.32 Å². The summed E-state index contributed by atoms with van der Waals surface area (Å²) in [7, 11) is 1.80. The molecule has 1 aromatic heterocycles. The fraction of sp³-hybridized carbons (Fsp3) is 0.240. The second-order valence-corrected chi connectivity index (χ2v) is 8.06. The van der Waals surface area contributed by atoms with E-state index in [1.807, 2.05) is 12.1 Å². The molecule has 0 radical (unpaired) electrons. The summed E-state index contributed by atoms with van der Waals surface area (Å²) in [5.74, 6) is -0.405. The molecule has 6 heteroatoms. The molecule has 2 heterocycles. The van der Waals surface area contributed by atoms with Gasteiger partial charge in [0, 0.05) is 12.6 Å². The number of carbonyl (C=O) groups excluding carboxylic acids is 3. The van der Waals surface area contributed by atoms with Crippen molar-refractivity contribution in [3.8, 4) is 0 Å². The number of fused-ring (bicyclic) bond motifs is 2. The fourth-order valence-corrected chi connectivity index (χ4v) is 4.60. The summed E-state index contributed by atoms with van der Waals surface area (Å²) >= 11 is 0. The van der Waals surface area contributed by atoms with Gasteiger partial charge in [0.2, 0.25) is 0 Å². The average molecular weight is 414 g/mol. The lowest BCUT2D eigenvalue weighted by Gasteiger charge is -2.33. The molecular weight excluding hydrogens is 392 g/mol. The fourth-order valence-electron chi connectivity index (χ4n) is 4.60. The summed E-state index contributed by atoms with van der Waals surface area (Å²) in [6.07, 6.45) is 4.45. The smallest absolute Gasteiger partial charge is 0.261 e. The van der Waals surface area contributed by atoms with Crippen molar-refractivity contribution < 1.29 is 18.8 Å². The first-order valence-corrected chi connectivity index (χ1v) is 10.4. The van der Waals surface area contributed by atoms with Crippen LogP contribution in [-0.2, 0) is 13.0 Å². The van der Waals surface area contributed by atoms with Crippen LogP contribution in [0, 0.1) is 0 Å².